The van der Waals surface area contributed by atoms with Crippen molar-refractivity contribution in [2.75, 3.05) is 0 Å². The molecule has 0 aliphatic carbocycles. The zero-order valence-electron chi connectivity index (χ0n) is 44.2. The van der Waals surface area contributed by atoms with Crippen LogP contribution in [0, 0.1) is 0 Å². The van der Waals surface area contributed by atoms with Crippen LogP contribution in [0.2, 0.25) is 0 Å². The maximum absolute atomic E-state index is 5.79. The fourth-order valence-electron chi connectivity index (χ4n) is 12.8. The maximum atomic E-state index is 5.79. The van der Waals surface area contributed by atoms with Gasteiger partial charge in [-0.15, -0.1) is 22.7 Å². The highest BCUT2D eigenvalue weighted by atomic mass is 32.1. The van der Waals surface area contributed by atoms with E-state index in [1.54, 1.807) is 0 Å². The van der Waals surface area contributed by atoms with Crippen LogP contribution < -0.4 is 0 Å². The van der Waals surface area contributed by atoms with Gasteiger partial charge in [0, 0.05) is 78.7 Å². The molecular weight excluding hydrogens is 1030 g/mol. The van der Waals surface area contributed by atoms with Crippen LogP contribution in [0.4, 0.5) is 0 Å². The van der Waals surface area contributed by atoms with Crippen molar-refractivity contribution in [2.24, 2.45) is 0 Å². The molecule has 0 bridgehead atoms. The quantitative estimate of drug-likeness (QED) is 0.152. The molecule has 17 aromatic rings. The topological polar surface area (TPSA) is 35.6 Å². The Morgan fingerprint density at radius 1 is 0.244 bits per heavy atom. The van der Waals surface area contributed by atoms with E-state index in [4.69, 9.17) is 9.97 Å². The van der Waals surface area contributed by atoms with Crippen LogP contribution in [0.3, 0.4) is 0 Å². The average Bonchev–Trinajstić information content (AvgIpc) is 3.16. The lowest BCUT2D eigenvalue weighted by Gasteiger charge is -2.18. The van der Waals surface area contributed by atoms with Gasteiger partial charge in [0.05, 0.1) is 33.5 Å². The number of hydrogen-bond donors (Lipinski definition) is 0. The normalized spacial score (nSPS) is 11.9. The van der Waals surface area contributed by atoms with E-state index in [2.05, 4.69) is 288 Å². The van der Waals surface area contributed by atoms with E-state index in [1.807, 2.05) is 22.7 Å². The molecule has 82 heavy (non-hydrogen) atoms. The third-order valence-corrected chi connectivity index (χ3v) is 18.9. The third-order valence-electron chi connectivity index (χ3n) is 16.6. The van der Waals surface area contributed by atoms with E-state index in [-0.39, 0.29) is 0 Å². The zero-order chi connectivity index (χ0) is 53.8. The fourth-order valence-corrected chi connectivity index (χ4v) is 14.9. The van der Waals surface area contributed by atoms with Gasteiger partial charge in [-0.05, 0) is 123 Å². The second-order valence-corrected chi connectivity index (χ2v) is 23.4. The summed E-state index contributed by atoms with van der Waals surface area (Å²) < 4.78 is 9.93. The molecule has 0 aliphatic rings. The largest absolute Gasteiger partial charge is 0.309 e. The Bertz CT molecular complexity index is 5350. The van der Waals surface area contributed by atoms with Gasteiger partial charge in [0.2, 0.25) is 5.95 Å². The Balaban J connectivity index is 0.898. The predicted molar refractivity (Wildman–Crippen MR) is 349 cm³/mol. The fraction of sp³-hybridized carbons (Fsp3) is 0. The summed E-state index contributed by atoms with van der Waals surface area (Å²) in [6.45, 7) is 0. The standard InChI is InChI=1S/C76H46N4S2/c1-3-17-47(18-4-1)55-27-16-28-56(48-19-5-2-6-20-48)75(55)66-46-65(77-76(78-66)80-68-30-12-8-24-58(68)60-38-34-52(45-70(60)80)50-36-40-74-64(43-50)62-26-10-14-32-72(62)82-74)53-21-15-22-54(41-53)79-67-29-11-7-23-57(67)59-37-33-51(44-69(59)79)49-35-39-73-63(42-49)61-25-9-13-31-71(61)81-73/h1-46H. The molecule has 0 spiro atoms. The van der Waals surface area contributed by atoms with Crippen molar-refractivity contribution in [2.45, 2.75) is 0 Å². The molecular formula is C76H46N4S2. The molecule has 0 atom stereocenters. The van der Waals surface area contributed by atoms with Gasteiger partial charge in [0.15, 0.2) is 0 Å². The number of thiophene rings is 2. The van der Waals surface area contributed by atoms with Crippen molar-refractivity contribution >= 4 is 107 Å². The summed E-state index contributed by atoms with van der Waals surface area (Å²) in [4.78, 5) is 11.5. The molecule has 17 rings (SSSR count). The summed E-state index contributed by atoms with van der Waals surface area (Å²) in [5, 5.41) is 9.86. The first-order chi connectivity index (χ1) is 40.6. The van der Waals surface area contributed by atoms with Gasteiger partial charge >= 0.3 is 0 Å². The van der Waals surface area contributed by atoms with Gasteiger partial charge in [-0.3, -0.25) is 4.57 Å². The minimum absolute atomic E-state index is 0.597. The van der Waals surface area contributed by atoms with E-state index >= 15 is 0 Å². The molecule has 0 aliphatic heterocycles. The number of aromatic nitrogens is 4. The molecule has 0 radical (unpaired) electrons. The number of para-hydroxylation sites is 2. The first-order valence-corrected chi connectivity index (χ1v) is 29.4. The summed E-state index contributed by atoms with van der Waals surface area (Å²) in [6.07, 6.45) is 0. The molecule has 0 N–H and O–H groups in total. The number of benzene rings is 12. The molecule has 5 aromatic heterocycles. The SMILES string of the molecule is c1ccc(-c2cccc(-c3ccccc3)c2-c2cc(-c3cccc(-n4c5ccccc5c5ccc(-c6ccc7sc8ccccc8c7c6)cc54)c3)nc(-n3c4ccccc4c4ccc(-c5ccc6sc7ccccc7c6c5)cc43)n2)cc1. The average molecular weight is 1080 g/mol. The first kappa shape index (κ1) is 46.7. The Hall–Kier alpha value is -10.2. The molecule has 382 valence electrons. The maximum Gasteiger partial charge on any atom is 0.235 e. The van der Waals surface area contributed by atoms with Crippen molar-refractivity contribution in [1.29, 1.82) is 0 Å². The van der Waals surface area contributed by atoms with Crippen LogP contribution in [-0.2, 0) is 0 Å². The summed E-state index contributed by atoms with van der Waals surface area (Å²) in [5.41, 5.74) is 18.2. The van der Waals surface area contributed by atoms with E-state index in [0.717, 1.165) is 88.9 Å². The van der Waals surface area contributed by atoms with Gasteiger partial charge in [-0.1, -0.05) is 200 Å². The predicted octanol–water partition coefficient (Wildman–Crippen LogP) is 21.4. The molecule has 12 aromatic carbocycles. The highest BCUT2D eigenvalue weighted by Gasteiger charge is 2.23. The molecule has 5 heterocycles. The number of rotatable bonds is 8. The Morgan fingerprint density at radius 2 is 0.671 bits per heavy atom. The molecule has 0 saturated heterocycles. The van der Waals surface area contributed by atoms with Crippen molar-refractivity contribution in [1.82, 2.24) is 19.1 Å². The molecule has 4 nitrogen and oxygen atoms in total. The van der Waals surface area contributed by atoms with E-state index in [9.17, 15) is 0 Å². The molecule has 0 unspecified atom stereocenters. The number of fused-ring (bicyclic) bond motifs is 12. The zero-order valence-corrected chi connectivity index (χ0v) is 45.8. The highest BCUT2D eigenvalue weighted by molar-refractivity contribution is 7.26. The van der Waals surface area contributed by atoms with E-state index < -0.39 is 0 Å². The van der Waals surface area contributed by atoms with Gasteiger partial charge < -0.3 is 4.57 Å². The summed E-state index contributed by atoms with van der Waals surface area (Å²) in [6, 6.07) is 102. The molecule has 6 heteroatoms. The second kappa shape index (κ2) is 18.7. The van der Waals surface area contributed by atoms with Gasteiger partial charge in [0.25, 0.3) is 0 Å². The van der Waals surface area contributed by atoms with Gasteiger partial charge in [-0.25, -0.2) is 9.97 Å². The van der Waals surface area contributed by atoms with Crippen molar-refractivity contribution in [3.05, 3.63) is 279 Å². The van der Waals surface area contributed by atoms with Gasteiger partial charge in [0.1, 0.15) is 0 Å². The van der Waals surface area contributed by atoms with Crippen LogP contribution >= 0.6 is 22.7 Å². The third kappa shape index (κ3) is 7.50. The minimum Gasteiger partial charge on any atom is -0.309 e. The van der Waals surface area contributed by atoms with Crippen molar-refractivity contribution in [3.63, 3.8) is 0 Å². The monoisotopic (exact) mass is 1080 g/mol. The first-order valence-electron chi connectivity index (χ1n) is 27.8. The van der Waals surface area contributed by atoms with Crippen molar-refractivity contribution < 1.29 is 0 Å². The lowest BCUT2D eigenvalue weighted by molar-refractivity contribution is 0.995. The molecule has 0 saturated carbocycles. The number of nitrogens with zero attached hydrogens (tertiary/aromatic N) is 4. The Kier molecular flexibility index (Phi) is 10.6. The lowest BCUT2D eigenvalue weighted by Crippen LogP contribution is -2.05. The Labute approximate surface area is 480 Å². The highest BCUT2D eigenvalue weighted by Crippen LogP contribution is 2.44. The molecule has 0 amide bonds. The van der Waals surface area contributed by atoms with E-state index in [1.165, 1.54) is 67.8 Å². The minimum atomic E-state index is 0.597. The Morgan fingerprint density at radius 3 is 1.26 bits per heavy atom. The van der Waals surface area contributed by atoms with Crippen LogP contribution in [0.15, 0.2) is 279 Å². The van der Waals surface area contributed by atoms with Crippen LogP contribution in [-0.4, -0.2) is 19.1 Å². The summed E-state index contributed by atoms with van der Waals surface area (Å²) in [5.74, 6) is 0.597. The summed E-state index contributed by atoms with van der Waals surface area (Å²) in [7, 11) is 0. The van der Waals surface area contributed by atoms with Crippen LogP contribution in [0.1, 0.15) is 0 Å². The molecule has 0 fully saturated rings. The van der Waals surface area contributed by atoms with Crippen LogP contribution in [0.25, 0.3) is 163 Å². The lowest BCUT2D eigenvalue weighted by atomic mass is 9.89. The summed E-state index contributed by atoms with van der Waals surface area (Å²) >= 11 is 3.70. The van der Waals surface area contributed by atoms with Crippen LogP contribution in [0.5, 0.6) is 0 Å². The second-order valence-electron chi connectivity index (χ2n) is 21.2. The van der Waals surface area contributed by atoms with E-state index in [0.29, 0.717) is 5.95 Å². The van der Waals surface area contributed by atoms with Crippen molar-refractivity contribution in [3.8, 4) is 78.7 Å². The number of hydrogen-bond acceptors (Lipinski definition) is 4. The smallest absolute Gasteiger partial charge is 0.235 e. The van der Waals surface area contributed by atoms with Gasteiger partial charge in [-0.2, -0.15) is 0 Å².